The molecular weight excluding hydrogens is 258 g/mol. The molecule has 3 nitrogen and oxygen atoms in total. The average molecular weight is 283 g/mol. The second-order valence-corrected chi connectivity index (χ2v) is 5.83. The van der Waals surface area contributed by atoms with Crippen molar-refractivity contribution < 1.29 is 0 Å². The van der Waals surface area contributed by atoms with Crippen molar-refractivity contribution in [3.63, 3.8) is 0 Å². The van der Waals surface area contributed by atoms with Gasteiger partial charge in [-0.3, -0.25) is 0 Å². The number of aromatic nitrogens is 2. The van der Waals surface area contributed by atoms with E-state index in [-0.39, 0.29) is 6.04 Å². The van der Waals surface area contributed by atoms with Crippen LogP contribution in [0.25, 0.3) is 0 Å². The molecule has 1 aromatic carbocycles. The molecule has 2 rings (SSSR count). The van der Waals surface area contributed by atoms with Crippen molar-refractivity contribution in [2.24, 2.45) is 0 Å². The summed E-state index contributed by atoms with van der Waals surface area (Å²) in [4.78, 5) is 0. The highest BCUT2D eigenvalue weighted by atomic mass is 15.1. The molecule has 0 aliphatic rings. The molecule has 0 bridgehead atoms. The Morgan fingerprint density at radius 1 is 0.952 bits per heavy atom. The Kier molecular flexibility index (Phi) is 5.07. The summed E-state index contributed by atoms with van der Waals surface area (Å²) in [7, 11) is 0. The number of aryl methyl sites for hydroxylation is 4. The second-order valence-electron chi connectivity index (χ2n) is 5.83. The van der Waals surface area contributed by atoms with E-state index >= 15 is 0 Å². The summed E-state index contributed by atoms with van der Waals surface area (Å²) < 4.78 is 0. The molecule has 21 heavy (non-hydrogen) atoms. The van der Waals surface area contributed by atoms with Gasteiger partial charge in [0.2, 0.25) is 0 Å². The molecule has 0 saturated carbocycles. The van der Waals surface area contributed by atoms with Crippen LogP contribution in [0, 0.1) is 27.7 Å². The topological polar surface area (TPSA) is 37.8 Å². The number of hydrogen-bond donors (Lipinski definition) is 1. The van der Waals surface area contributed by atoms with Crippen molar-refractivity contribution in [3.05, 3.63) is 57.9 Å². The summed E-state index contributed by atoms with van der Waals surface area (Å²) in [6.45, 7) is 11.5. The Hall–Kier alpha value is -1.74. The third kappa shape index (κ3) is 3.88. The lowest BCUT2D eigenvalue weighted by Crippen LogP contribution is -2.24. The van der Waals surface area contributed by atoms with E-state index in [9.17, 15) is 0 Å². The van der Waals surface area contributed by atoms with Crippen molar-refractivity contribution in [2.45, 2.75) is 47.1 Å². The minimum atomic E-state index is 0.178. The highest BCUT2D eigenvalue weighted by molar-refractivity contribution is 5.38. The Labute approximate surface area is 127 Å². The van der Waals surface area contributed by atoms with Crippen LogP contribution in [0.2, 0.25) is 0 Å². The first-order valence-corrected chi connectivity index (χ1v) is 7.63. The number of rotatable bonds is 5. The predicted octanol–water partition coefficient (Wildman–Crippen LogP) is 3.80. The Bertz CT molecular complexity index is 600. The van der Waals surface area contributed by atoms with Crippen molar-refractivity contribution in [2.75, 3.05) is 6.54 Å². The Morgan fingerprint density at radius 2 is 1.62 bits per heavy atom. The molecule has 1 heterocycles. The maximum Gasteiger partial charge on any atom is 0.0651 e. The van der Waals surface area contributed by atoms with Crippen LogP contribution in [-0.4, -0.2) is 16.7 Å². The van der Waals surface area contributed by atoms with Gasteiger partial charge in [0.15, 0.2) is 0 Å². The van der Waals surface area contributed by atoms with E-state index < -0.39 is 0 Å². The molecule has 3 heteroatoms. The molecular formula is C18H25N3. The fourth-order valence-electron chi connectivity index (χ4n) is 2.73. The summed E-state index contributed by atoms with van der Waals surface area (Å²) in [6.07, 6.45) is 1.11. The summed E-state index contributed by atoms with van der Waals surface area (Å²) in [5.74, 6) is 0. The molecule has 0 saturated heterocycles. The zero-order chi connectivity index (χ0) is 15.4. The first-order chi connectivity index (χ1) is 10.0. The standard InChI is InChI=1S/C18H25N3/c1-6-7-19-18(16-9-12(2)8-13(3)10-16)17-11-14(4)20-21-15(17)5/h8-11,18-19H,6-7H2,1-5H3. The molecule has 1 aromatic heterocycles. The zero-order valence-electron chi connectivity index (χ0n) is 13.7. The minimum Gasteiger partial charge on any atom is -0.306 e. The molecule has 0 aliphatic carbocycles. The lowest BCUT2D eigenvalue weighted by molar-refractivity contribution is 0.590. The van der Waals surface area contributed by atoms with Gasteiger partial charge >= 0.3 is 0 Å². The van der Waals surface area contributed by atoms with Gasteiger partial charge < -0.3 is 5.32 Å². The third-order valence-electron chi connectivity index (χ3n) is 3.63. The molecule has 0 aliphatic heterocycles. The van der Waals surface area contributed by atoms with E-state index in [0.29, 0.717) is 0 Å². The Balaban J connectivity index is 2.49. The van der Waals surface area contributed by atoms with E-state index in [0.717, 1.165) is 24.4 Å². The lowest BCUT2D eigenvalue weighted by atomic mass is 9.94. The highest BCUT2D eigenvalue weighted by Crippen LogP contribution is 2.26. The maximum absolute atomic E-state index is 4.29. The number of nitrogens with zero attached hydrogens (tertiary/aromatic N) is 2. The molecule has 0 fully saturated rings. The van der Waals surface area contributed by atoms with Crippen LogP contribution >= 0.6 is 0 Å². The van der Waals surface area contributed by atoms with Crippen molar-refractivity contribution in [1.29, 1.82) is 0 Å². The molecule has 0 spiro atoms. The monoisotopic (exact) mass is 283 g/mol. The fraction of sp³-hybridized carbons (Fsp3) is 0.444. The largest absolute Gasteiger partial charge is 0.306 e. The average Bonchev–Trinajstić information content (AvgIpc) is 2.42. The van der Waals surface area contributed by atoms with Gasteiger partial charge in [0, 0.05) is 0 Å². The summed E-state index contributed by atoms with van der Waals surface area (Å²) in [5.41, 5.74) is 7.07. The lowest BCUT2D eigenvalue weighted by Gasteiger charge is -2.22. The highest BCUT2D eigenvalue weighted by Gasteiger charge is 2.17. The van der Waals surface area contributed by atoms with Crippen LogP contribution in [0.1, 0.15) is 53.0 Å². The Morgan fingerprint density at radius 3 is 2.24 bits per heavy atom. The normalized spacial score (nSPS) is 12.4. The molecule has 2 aromatic rings. The van der Waals surface area contributed by atoms with Crippen molar-refractivity contribution in [3.8, 4) is 0 Å². The maximum atomic E-state index is 4.29. The van der Waals surface area contributed by atoms with Gasteiger partial charge in [-0.1, -0.05) is 36.2 Å². The first kappa shape index (κ1) is 15.6. The van der Waals surface area contributed by atoms with Crippen LogP contribution in [0.5, 0.6) is 0 Å². The van der Waals surface area contributed by atoms with Gasteiger partial charge in [-0.15, -0.1) is 0 Å². The first-order valence-electron chi connectivity index (χ1n) is 7.63. The zero-order valence-corrected chi connectivity index (χ0v) is 13.7. The summed E-state index contributed by atoms with van der Waals surface area (Å²) in [5, 5.41) is 12.1. The molecule has 1 atom stereocenters. The molecule has 0 radical (unpaired) electrons. The molecule has 112 valence electrons. The SMILES string of the molecule is CCCNC(c1cc(C)cc(C)c1)c1cc(C)nnc1C. The van der Waals surface area contributed by atoms with Crippen molar-refractivity contribution in [1.82, 2.24) is 15.5 Å². The summed E-state index contributed by atoms with van der Waals surface area (Å²) >= 11 is 0. The van der Waals surface area contributed by atoms with Crippen LogP contribution in [0.3, 0.4) is 0 Å². The molecule has 1 unspecified atom stereocenters. The van der Waals surface area contributed by atoms with Crippen LogP contribution < -0.4 is 5.32 Å². The predicted molar refractivity (Wildman–Crippen MR) is 87.6 cm³/mol. The van der Waals surface area contributed by atoms with Gasteiger partial charge in [-0.25, -0.2) is 0 Å². The molecule has 1 N–H and O–H groups in total. The number of hydrogen-bond acceptors (Lipinski definition) is 3. The minimum absolute atomic E-state index is 0.178. The van der Waals surface area contributed by atoms with E-state index in [1.165, 1.54) is 22.3 Å². The smallest absolute Gasteiger partial charge is 0.0651 e. The second kappa shape index (κ2) is 6.81. The summed E-state index contributed by atoms with van der Waals surface area (Å²) in [6, 6.07) is 9.06. The number of nitrogens with one attached hydrogen (secondary N) is 1. The van der Waals surface area contributed by atoms with Gasteiger partial charge in [-0.05, 0) is 57.9 Å². The number of benzene rings is 1. The van der Waals surface area contributed by atoms with Gasteiger partial charge in [0.25, 0.3) is 0 Å². The third-order valence-corrected chi connectivity index (χ3v) is 3.63. The van der Waals surface area contributed by atoms with Crippen LogP contribution in [0.4, 0.5) is 0 Å². The van der Waals surface area contributed by atoms with Crippen molar-refractivity contribution >= 4 is 0 Å². The van der Waals surface area contributed by atoms with E-state index in [2.05, 4.69) is 60.6 Å². The van der Waals surface area contributed by atoms with E-state index in [1.54, 1.807) is 0 Å². The quantitative estimate of drug-likeness (QED) is 0.907. The van der Waals surface area contributed by atoms with E-state index in [1.807, 2.05) is 13.8 Å². The van der Waals surface area contributed by atoms with Gasteiger partial charge in [0.05, 0.1) is 17.4 Å². The van der Waals surface area contributed by atoms with E-state index in [4.69, 9.17) is 0 Å². The fourth-order valence-corrected chi connectivity index (χ4v) is 2.73. The molecule has 0 amide bonds. The van der Waals surface area contributed by atoms with Crippen LogP contribution in [-0.2, 0) is 0 Å². The van der Waals surface area contributed by atoms with Crippen LogP contribution in [0.15, 0.2) is 24.3 Å². The van der Waals surface area contributed by atoms with Gasteiger partial charge in [0.1, 0.15) is 0 Å². The van der Waals surface area contributed by atoms with Gasteiger partial charge in [-0.2, -0.15) is 10.2 Å².